The van der Waals surface area contributed by atoms with E-state index in [2.05, 4.69) is 5.32 Å². The van der Waals surface area contributed by atoms with Crippen LogP contribution in [-0.4, -0.2) is 17.6 Å². The number of aliphatic hydroxyl groups excluding tert-OH is 1. The van der Waals surface area contributed by atoms with Gasteiger partial charge < -0.3 is 10.4 Å². The van der Waals surface area contributed by atoms with Crippen LogP contribution in [0.5, 0.6) is 0 Å². The van der Waals surface area contributed by atoms with Crippen molar-refractivity contribution < 1.29 is 9.90 Å². The Morgan fingerprint density at radius 1 is 1.25 bits per heavy atom. The lowest BCUT2D eigenvalue weighted by molar-refractivity contribution is -0.120. The van der Waals surface area contributed by atoms with Crippen LogP contribution in [0.25, 0.3) is 0 Å². The molecule has 0 radical (unpaired) electrons. The monoisotopic (exact) mass is 289 g/mol. The highest BCUT2D eigenvalue weighted by Gasteiger charge is 2.30. The van der Waals surface area contributed by atoms with Crippen LogP contribution in [0.2, 0.25) is 0 Å². The molecule has 0 bridgehead atoms. The average molecular weight is 289 g/mol. The fourth-order valence-electron chi connectivity index (χ4n) is 1.92. The molecule has 0 saturated carbocycles. The third-order valence-electron chi connectivity index (χ3n) is 3.32. The first kappa shape index (κ1) is 14.8. The smallest absolute Gasteiger partial charge is 0.235 e. The second-order valence-corrected chi connectivity index (χ2v) is 6.17. The molecule has 2 rings (SSSR count). The lowest BCUT2D eigenvalue weighted by Gasteiger charge is -2.22. The van der Waals surface area contributed by atoms with Gasteiger partial charge in [0.05, 0.1) is 5.41 Å². The third kappa shape index (κ3) is 3.26. The first-order valence-corrected chi connectivity index (χ1v) is 7.47. The van der Waals surface area contributed by atoms with Gasteiger partial charge in [-0.15, -0.1) is 11.3 Å². The van der Waals surface area contributed by atoms with Gasteiger partial charge in [0.2, 0.25) is 5.91 Å². The number of rotatable bonds is 5. The molecule has 2 N–H and O–H groups in total. The van der Waals surface area contributed by atoms with Crippen molar-refractivity contribution in [2.75, 3.05) is 11.9 Å². The normalized spacial score (nSPS) is 11.3. The first-order valence-electron chi connectivity index (χ1n) is 6.59. The number of nitrogens with one attached hydrogen (secondary N) is 1. The van der Waals surface area contributed by atoms with E-state index < -0.39 is 5.41 Å². The summed E-state index contributed by atoms with van der Waals surface area (Å²) in [7, 11) is 0. The minimum atomic E-state index is -0.544. The number of amides is 1. The van der Waals surface area contributed by atoms with Crippen molar-refractivity contribution in [1.82, 2.24) is 0 Å². The van der Waals surface area contributed by atoms with Crippen molar-refractivity contribution in [2.45, 2.75) is 25.7 Å². The molecule has 1 heterocycles. The zero-order valence-corrected chi connectivity index (χ0v) is 12.5. The predicted octanol–water partition coefficient (Wildman–Crippen LogP) is 3.20. The number of carbonyl (C=O) groups is 1. The molecule has 3 nitrogen and oxygen atoms in total. The fourth-order valence-corrected chi connectivity index (χ4v) is 2.77. The average Bonchev–Trinajstić information content (AvgIpc) is 2.96. The number of aliphatic hydroxyl groups is 1. The fraction of sp³-hybridized carbons (Fsp3) is 0.312. The highest BCUT2D eigenvalue weighted by molar-refractivity contribution is 7.10. The van der Waals surface area contributed by atoms with E-state index in [9.17, 15) is 4.79 Å². The van der Waals surface area contributed by atoms with E-state index in [0.717, 1.165) is 16.1 Å². The Hall–Kier alpha value is -1.65. The second kappa shape index (κ2) is 6.20. The molecule has 2 aromatic rings. The molecule has 0 spiro atoms. The summed E-state index contributed by atoms with van der Waals surface area (Å²) in [5, 5.41) is 13.8. The van der Waals surface area contributed by atoms with Gasteiger partial charge in [-0.1, -0.05) is 18.2 Å². The molecule has 1 aromatic carbocycles. The Bertz CT molecular complexity index is 559. The van der Waals surface area contributed by atoms with E-state index in [1.807, 2.05) is 55.6 Å². The van der Waals surface area contributed by atoms with Gasteiger partial charge in [0.25, 0.3) is 0 Å². The summed E-state index contributed by atoms with van der Waals surface area (Å²) in [6.07, 6.45) is 0.634. The summed E-state index contributed by atoms with van der Waals surface area (Å²) in [4.78, 5) is 13.4. The van der Waals surface area contributed by atoms with Crippen LogP contribution in [0.3, 0.4) is 0 Å². The maximum Gasteiger partial charge on any atom is 0.235 e. The van der Waals surface area contributed by atoms with E-state index in [1.54, 1.807) is 11.3 Å². The van der Waals surface area contributed by atoms with Crippen LogP contribution >= 0.6 is 11.3 Å². The minimum Gasteiger partial charge on any atom is -0.396 e. The van der Waals surface area contributed by atoms with Gasteiger partial charge in [0.15, 0.2) is 0 Å². The molecule has 0 aliphatic carbocycles. The predicted molar refractivity (Wildman–Crippen MR) is 83.2 cm³/mol. The molecule has 0 aliphatic heterocycles. The van der Waals surface area contributed by atoms with Crippen molar-refractivity contribution in [3.05, 3.63) is 52.2 Å². The molecule has 0 saturated heterocycles. The van der Waals surface area contributed by atoms with Gasteiger partial charge in [0.1, 0.15) is 0 Å². The molecule has 0 atom stereocenters. The number of anilines is 1. The van der Waals surface area contributed by atoms with Crippen molar-refractivity contribution >= 4 is 22.9 Å². The Kier molecular flexibility index (Phi) is 4.57. The zero-order chi connectivity index (χ0) is 14.6. The topological polar surface area (TPSA) is 49.3 Å². The summed E-state index contributed by atoms with van der Waals surface area (Å²) in [6.45, 7) is 3.99. The van der Waals surface area contributed by atoms with Crippen LogP contribution < -0.4 is 5.32 Å². The number of carbonyl (C=O) groups excluding carboxylic acids is 1. The molecule has 0 aliphatic rings. The summed E-state index contributed by atoms with van der Waals surface area (Å²) >= 11 is 1.59. The van der Waals surface area contributed by atoms with E-state index in [-0.39, 0.29) is 12.5 Å². The molecule has 20 heavy (non-hydrogen) atoms. The Morgan fingerprint density at radius 3 is 2.50 bits per heavy atom. The molecular formula is C16H19NO2S. The Balaban J connectivity index is 2.07. The van der Waals surface area contributed by atoms with Gasteiger partial charge in [-0.3, -0.25) is 4.79 Å². The maximum atomic E-state index is 12.4. The highest BCUT2D eigenvalue weighted by atomic mass is 32.1. The van der Waals surface area contributed by atoms with E-state index in [1.165, 1.54) is 0 Å². The first-order chi connectivity index (χ1) is 9.54. The summed E-state index contributed by atoms with van der Waals surface area (Å²) < 4.78 is 0. The second-order valence-electron chi connectivity index (χ2n) is 5.23. The lowest BCUT2D eigenvalue weighted by Crippen LogP contribution is -2.33. The number of hydrogen-bond donors (Lipinski definition) is 2. The molecule has 1 amide bonds. The van der Waals surface area contributed by atoms with Gasteiger partial charge in [-0.05, 0) is 49.4 Å². The summed E-state index contributed by atoms with van der Waals surface area (Å²) in [5.41, 5.74) is 1.29. The lowest BCUT2D eigenvalue weighted by atomic mass is 9.90. The molecule has 0 unspecified atom stereocenters. The SMILES string of the molecule is CC(C)(C(=O)Nc1ccc(CCO)cc1)c1cccs1. The van der Waals surface area contributed by atoms with E-state index in [0.29, 0.717) is 6.42 Å². The van der Waals surface area contributed by atoms with Crippen molar-refractivity contribution in [3.63, 3.8) is 0 Å². The van der Waals surface area contributed by atoms with Gasteiger partial charge in [-0.25, -0.2) is 0 Å². The standard InChI is InChI=1S/C16H19NO2S/c1-16(2,14-4-3-11-20-14)15(19)17-13-7-5-12(6-8-13)9-10-18/h3-8,11,18H,9-10H2,1-2H3,(H,17,19). The van der Waals surface area contributed by atoms with Crippen LogP contribution in [0.1, 0.15) is 24.3 Å². The summed E-state index contributed by atoms with van der Waals surface area (Å²) in [6, 6.07) is 11.5. The van der Waals surface area contributed by atoms with Crippen molar-refractivity contribution in [2.24, 2.45) is 0 Å². The summed E-state index contributed by atoms with van der Waals surface area (Å²) in [5.74, 6) is -0.0186. The largest absolute Gasteiger partial charge is 0.396 e. The third-order valence-corrected chi connectivity index (χ3v) is 4.51. The Morgan fingerprint density at radius 2 is 1.95 bits per heavy atom. The number of benzene rings is 1. The van der Waals surface area contributed by atoms with Gasteiger partial charge >= 0.3 is 0 Å². The quantitative estimate of drug-likeness (QED) is 0.888. The van der Waals surface area contributed by atoms with E-state index >= 15 is 0 Å². The molecule has 1 aromatic heterocycles. The van der Waals surface area contributed by atoms with E-state index in [4.69, 9.17) is 5.11 Å². The number of thiophene rings is 1. The van der Waals surface area contributed by atoms with Gasteiger partial charge in [0, 0.05) is 17.2 Å². The Labute approximate surface area is 123 Å². The maximum absolute atomic E-state index is 12.4. The number of hydrogen-bond acceptors (Lipinski definition) is 3. The molecule has 4 heteroatoms. The highest BCUT2D eigenvalue weighted by Crippen LogP contribution is 2.28. The zero-order valence-electron chi connectivity index (χ0n) is 11.7. The van der Waals surface area contributed by atoms with Crippen molar-refractivity contribution in [3.8, 4) is 0 Å². The van der Waals surface area contributed by atoms with Crippen LogP contribution in [0.15, 0.2) is 41.8 Å². The van der Waals surface area contributed by atoms with Crippen molar-refractivity contribution in [1.29, 1.82) is 0 Å². The van der Waals surface area contributed by atoms with Crippen LogP contribution in [0, 0.1) is 0 Å². The molecular weight excluding hydrogens is 270 g/mol. The molecule has 106 valence electrons. The minimum absolute atomic E-state index is 0.0186. The molecule has 0 fully saturated rings. The van der Waals surface area contributed by atoms with Crippen LogP contribution in [-0.2, 0) is 16.6 Å². The van der Waals surface area contributed by atoms with Gasteiger partial charge in [-0.2, -0.15) is 0 Å². The van der Waals surface area contributed by atoms with Crippen LogP contribution in [0.4, 0.5) is 5.69 Å².